The predicted octanol–water partition coefficient (Wildman–Crippen LogP) is 3.87. The summed E-state index contributed by atoms with van der Waals surface area (Å²) in [7, 11) is 0. The molecule has 20 heavy (non-hydrogen) atoms. The average Bonchev–Trinajstić information content (AvgIpc) is 2.39. The minimum absolute atomic E-state index is 0.0235. The van der Waals surface area contributed by atoms with E-state index in [0.29, 0.717) is 17.4 Å². The van der Waals surface area contributed by atoms with Gasteiger partial charge >= 0.3 is 0 Å². The second-order valence-electron chi connectivity index (χ2n) is 3.86. The zero-order valence-electron chi connectivity index (χ0n) is 10.7. The van der Waals surface area contributed by atoms with Crippen molar-refractivity contribution >= 4 is 23.1 Å². The second kappa shape index (κ2) is 6.21. The second-order valence-corrected chi connectivity index (χ2v) is 4.27. The number of nitro benzene ring substituents is 1. The van der Waals surface area contributed by atoms with Crippen molar-refractivity contribution < 1.29 is 9.66 Å². The van der Waals surface area contributed by atoms with Crippen LogP contribution in [0.25, 0.3) is 0 Å². The summed E-state index contributed by atoms with van der Waals surface area (Å²) in [6, 6.07) is 9.47. The fourth-order valence-electron chi connectivity index (χ4n) is 1.57. The standard InChI is InChI=1S/C13H12ClN3O3/c1-2-15-12-4-3-5-13(16-12)20-9-6-7-11(17(18)19)10(14)8-9/h3-8H,2H2,1H3,(H,15,16). The van der Waals surface area contributed by atoms with Crippen LogP contribution in [0.15, 0.2) is 36.4 Å². The number of pyridine rings is 1. The Kier molecular flexibility index (Phi) is 4.37. The first kappa shape index (κ1) is 14.1. The number of nitrogens with zero attached hydrogens (tertiary/aromatic N) is 2. The molecule has 0 atom stereocenters. The van der Waals surface area contributed by atoms with Crippen LogP contribution in [0.3, 0.4) is 0 Å². The van der Waals surface area contributed by atoms with Crippen molar-refractivity contribution in [1.82, 2.24) is 4.98 Å². The molecular formula is C13H12ClN3O3. The number of rotatable bonds is 5. The number of nitro groups is 1. The third-order valence-corrected chi connectivity index (χ3v) is 2.72. The summed E-state index contributed by atoms with van der Waals surface area (Å²) in [5, 5.41) is 13.8. The lowest BCUT2D eigenvalue weighted by molar-refractivity contribution is -0.384. The largest absolute Gasteiger partial charge is 0.439 e. The lowest BCUT2D eigenvalue weighted by Gasteiger charge is -2.07. The van der Waals surface area contributed by atoms with Gasteiger partial charge in [0.2, 0.25) is 5.88 Å². The number of benzene rings is 1. The molecule has 0 aliphatic rings. The van der Waals surface area contributed by atoms with Crippen LogP contribution in [-0.4, -0.2) is 16.5 Å². The summed E-state index contributed by atoms with van der Waals surface area (Å²) in [6.45, 7) is 2.71. The Bertz CT molecular complexity index is 634. The van der Waals surface area contributed by atoms with E-state index in [-0.39, 0.29) is 10.7 Å². The van der Waals surface area contributed by atoms with Crippen LogP contribution in [-0.2, 0) is 0 Å². The Morgan fingerprint density at radius 2 is 2.20 bits per heavy atom. The Balaban J connectivity index is 2.19. The van der Waals surface area contributed by atoms with Crippen LogP contribution >= 0.6 is 11.6 Å². The van der Waals surface area contributed by atoms with Gasteiger partial charge in [0.25, 0.3) is 5.69 Å². The monoisotopic (exact) mass is 293 g/mol. The third kappa shape index (κ3) is 3.36. The molecule has 1 aromatic heterocycles. The molecule has 0 amide bonds. The summed E-state index contributed by atoms with van der Waals surface area (Å²) in [5.41, 5.74) is -0.159. The molecule has 2 aromatic rings. The normalized spacial score (nSPS) is 10.1. The highest BCUT2D eigenvalue weighted by molar-refractivity contribution is 6.32. The van der Waals surface area contributed by atoms with E-state index in [2.05, 4.69) is 10.3 Å². The molecule has 7 heteroatoms. The molecule has 0 aliphatic heterocycles. The molecule has 0 unspecified atom stereocenters. The molecule has 0 spiro atoms. The van der Waals surface area contributed by atoms with Crippen molar-refractivity contribution in [2.24, 2.45) is 0 Å². The van der Waals surface area contributed by atoms with Crippen LogP contribution in [0.1, 0.15) is 6.92 Å². The number of halogens is 1. The molecule has 104 valence electrons. The van der Waals surface area contributed by atoms with Crippen LogP contribution in [0.5, 0.6) is 11.6 Å². The van der Waals surface area contributed by atoms with Gasteiger partial charge in [0.05, 0.1) is 4.92 Å². The topological polar surface area (TPSA) is 77.3 Å². The SMILES string of the molecule is CCNc1cccc(Oc2ccc([N+](=O)[O-])c(Cl)c2)n1. The minimum atomic E-state index is -0.545. The van der Waals surface area contributed by atoms with Gasteiger partial charge in [-0.05, 0) is 19.1 Å². The van der Waals surface area contributed by atoms with Crippen molar-refractivity contribution in [1.29, 1.82) is 0 Å². The summed E-state index contributed by atoms with van der Waals surface area (Å²) >= 11 is 5.82. The maximum atomic E-state index is 10.7. The predicted molar refractivity (Wildman–Crippen MR) is 76.6 cm³/mol. The van der Waals surface area contributed by atoms with Crippen molar-refractivity contribution in [3.63, 3.8) is 0 Å². The van der Waals surface area contributed by atoms with Gasteiger partial charge in [-0.2, -0.15) is 4.98 Å². The molecule has 1 N–H and O–H groups in total. The Labute approximate surface area is 120 Å². The summed E-state index contributed by atoms with van der Waals surface area (Å²) in [4.78, 5) is 14.4. The highest BCUT2D eigenvalue weighted by Gasteiger charge is 2.13. The lowest BCUT2D eigenvalue weighted by atomic mass is 10.3. The average molecular weight is 294 g/mol. The van der Waals surface area contributed by atoms with Crippen molar-refractivity contribution in [3.05, 3.63) is 51.5 Å². The fraction of sp³-hybridized carbons (Fsp3) is 0.154. The Morgan fingerprint density at radius 1 is 1.40 bits per heavy atom. The highest BCUT2D eigenvalue weighted by atomic mass is 35.5. The van der Waals surface area contributed by atoms with E-state index in [1.54, 1.807) is 12.1 Å². The van der Waals surface area contributed by atoms with Crippen molar-refractivity contribution in [2.75, 3.05) is 11.9 Å². The fourth-order valence-corrected chi connectivity index (χ4v) is 1.81. The summed E-state index contributed by atoms with van der Waals surface area (Å²) in [6.07, 6.45) is 0. The zero-order chi connectivity index (χ0) is 14.5. The number of nitrogens with one attached hydrogen (secondary N) is 1. The van der Waals surface area contributed by atoms with E-state index in [0.717, 1.165) is 6.54 Å². The molecule has 0 saturated heterocycles. The molecule has 0 radical (unpaired) electrons. The van der Waals surface area contributed by atoms with E-state index < -0.39 is 4.92 Å². The number of aromatic nitrogens is 1. The number of anilines is 1. The van der Waals surface area contributed by atoms with Gasteiger partial charge in [0, 0.05) is 24.7 Å². The van der Waals surface area contributed by atoms with Gasteiger partial charge in [-0.15, -0.1) is 0 Å². The summed E-state index contributed by atoms with van der Waals surface area (Å²) in [5.74, 6) is 1.47. The van der Waals surface area contributed by atoms with Crippen LogP contribution in [0.2, 0.25) is 5.02 Å². The molecule has 2 rings (SSSR count). The smallest absolute Gasteiger partial charge is 0.288 e. The zero-order valence-corrected chi connectivity index (χ0v) is 11.4. The van der Waals surface area contributed by atoms with E-state index >= 15 is 0 Å². The molecule has 6 nitrogen and oxygen atoms in total. The number of hydrogen-bond acceptors (Lipinski definition) is 5. The van der Waals surface area contributed by atoms with E-state index in [9.17, 15) is 10.1 Å². The molecule has 0 bridgehead atoms. The first-order chi connectivity index (χ1) is 9.60. The first-order valence-electron chi connectivity index (χ1n) is 5.93. The number of hydrogen-bond donors (Lipinski definition) is 1. The van der Waals surface area contributed by atoms with Crippen molar-refractivity contribution in [2.45, 2.75) is 6.92 Å². The minimum Gasteiger partial charge on any atom is -0.439 e. The molecule has 1 aromatic carbocycles. The molecule has 0 saturated carbocycles. The maximum Gasteiger partial charge on any atom is 0.288 e. The Hall–Kier alpha value is -2.34. The van der Waals surface area contributed by atoms with Gasteiger partial charge in [0.1, 0.15) is 16.6 Å². The van der Waals surface area contributed by atoms with Gasteiger partial charge < -0.3 is 10.1 Å². The highest BCUT2D eigenvalue weighted by Crippen LogP contribution is 2.30. The molecule has 0 aliphatic carbocycles. The van der Waals surface area contributed by atoms with Crippen molar-refractivity contribution in [3.8, 4) is 11.6 Å². The molecular weight excluding hydrogens is 282 g/mol. The Morgan fingerprint density at radius 3 is 2.85 bits per heavy atom. The third-order valence-electron chi connectivity index (χ3n) is 2.42. The van der Waals surface area contributed by atoms with E-state index in [4.69, 9.17) is 16.3 Å². The van der Waals surface area contributed by atoms with Crippen LogP contribution < -0.4 is 10.1 Å². The van der Waals surface area contributed by atoms with Gasteiger partial charge in [-0.1, -0.05) is 17.7 Å². The lowest BCUT2D eigenvalue weighted by Crippen LogP contribution is -1.99. The van der Waals surface area contributed by atoms with E-state index in [1.165, 1.54) is 18.2 Å². The summed E-state index contributed by atoms with van der Waals surface area (Å²) < 4.78 is 5.52. The maximum absolute atomic E-state index is 10.7. The molecule has 0 fully saturated rings. The van der Waals surface area contributed by atoms with Gasteiger partial charge in [-0.3, -0.25) is 10.1 Å². The quantitative estimate of drug-likeness (QED) is 0.669. The van der Waals surface area contributed by atoms with Crippen LogP contribution in [0, 0.1) is 10.1 Å². The number of ether oxygens (including phenoxy) is 1. The van der Waals surface area contributed by atoms with Crippen LogP contribution in [0.4, 0.5) is 11.5 Å². The first-order valence-corrected chi connectivity index (χ1v) is 6.30. The molecule has 1 heterocycles. The van der Waals surface area contributed by atoms with Gasteiger partial charge in [0.15, 0.2) is 0 Å². The van der Waals surface area contributed by atoms with Gasteiger partial charge in [-0.25, -0.2) is 0 Å². The van der Waals surface area contributed by atoms with E-state index in [1.807, 2.05) is 13.0 Å².